The van der Waals surface area contributed by atoms with E-state index in [-0.39, 0.29) is 36.2 Å². The Morgan fingerprint density at radius 2 is 1.08 bits per heavy atom. The van der Waals surface area contributed by atoms with Crippen molar-refractivity contribution in [2.24, 2.45) is 0 Å². The third-order valence-corrected chi connectivity index (χ3v) is 8.16. The van der Waals surface area contributed by atoms with Crippen LogP contribution in [0.4, 0.5) is 0 Å². The van der Waals surface area contributed by atoms with Crippen molar-refractivity contribution >= 4 is 17.9 Å². The molecule has 0 aliphatic rings. The number of allylic oxidation sites excluding steroid dienone is 16. The highest BCUT2D eigenvalue weighted by Gasteiger charge is 2.31. The molecule has 298 valence electrons. The van der Waals surface area contributed by atoms with Crippen LogP contribution < -0.4 is 0 Å². The van der Waals surface area contributed by atoms with E-state index in [1.165, 1.54) is 12.8 Å². The van der Waals surface area contributed by atoms with Crippen LogP contribution >= 0.6 is 0 Å². The highest BCUT2D eigenvalue weighted by Crippen LogP contribution is 2.12. The van der Waals surface area contributed by atoms with Gasteiger partial charge in [0.05, 0.1) is 34.4 Å². The van der Waals surface area contributed by atoms with Crippen molar-refractivity contribution in [1.29, 1.82) is 0 Å². The SMILES string of the molecule is CC/C=C/C=C/C=C/C=C/C=C/C=C/C=C/CCCCCC(=O)OCC(COCCC(C(=O)O)[N+](C)(C)C)OC(=O)CCCCCC/C=C/CCCC. The van der Waals surface area contributed by atoms with E-state index in [1.54, 1.807) is 0 Å². The van der Waals surface area contributed by atoms with Crippen molar-refractivity contribution in [2.45, 2.75) is 129 Å². The number of carboxylic acid groups (broad SMARTS) is 1. The molecule has 8 heteroatoms. The van der Waals surface area contributed by atoms with Gasteiger partial charge in [-0.25, -0.2) is 4.79 Å². The number of hydrogen-bond donors (Lipinski definition) is 1. The number of hydrogen-bond acceptors (Lipinski definition) is 6. The summed E-state index contributed by atoms with van der Waals surface area (Å²) in [6, 6.07) is -0.628. The van der Waals surface area contributed by atoms with Gasteiger partial charge in [0, 0.05) is 19.3 Å². The number of ether oxygens (including phenoxy) is 3. The Bertz CT molecular complexity index is 1180. The summed E-state index contributed by atoms with van der Waals surface area (Å²) in [6.45, 7) is 4.44. The number of esters is 2. The molecule has 0 fully saturated rings. The largest absolute Gasteiger partial charge is 0.477 e. The number of carboxylic acids is 1. The molecule has 2 unspecified atom stereocenters. The van der Waals surface area contributed by atoms with Crippen LogP contribution in [0, 0.1) is 0 Å². The van der Waals surface area contributed by atoms with Crippen LogP contribution in [0.1, 0.15) is 117 Å². The predicted molar refractivity (Wildman–Crippen MR) is 219 cm³/mol. The number of carbonyl (C=O) groups excluding carboxylic acids is 2. The Kier molecular flexibility index (Phi) is 32.8. The van der Waals surface area contributed by atoms with Crippen molar-refractivity contribution in [1.82, 2.24) is 0 Å². The maximum atomic E-state index is 12.6. The first kappa shape index (κ1) is 49.2. The molecule has 0 aliphatic carbocycles. The van der Waals surface area contributed by atoms with Crippen molar-refractivity contribution in [3.05, 3.63) is 97.2 Å². The van der Waals surface area contributed by atoms with Crippen LogP contribution in [-0.2, 0) is 28.6 Å². The van der Waals surface area contributed by atoms with Crippen LogP contribution in [0.15, 0.2) is 97.2 Å². The highest BCUT2D eigenvalue weighted by molar-refractivity contribution is 5.72. The van der Waals surface area contributed by atoms with E-state index in [4.69, 9.17) is 14.2 Å². The summed E-state index contributed by atoms with van der Waals surface area (Å²) in [5.74, 6) is -1.56. The normalized spacial score (nSPS) is 14.1. The van der Waals surface area contributed by atoms with Gasteiger partial charge in [-0.05, 0) is 51.4 Å². The van der Waals surface area contributed by atoms with Gasteiger partial charge in [-0.2, -0.15) is 0 Å². The van der Waals surface area contributed by atoms with Gasteiger partial charge >= 0.3 is 17.9 Å². The zero-order valence-electron chi connectivity index (χ0n) is 33.7. The monoisotopic (exact) mass is 739 g/mol. The van der Waals surface area contributed by atoms with Gasteiger partial charge in [0.2, 0.25) is 0 Å². The molecule has 0 saturated heterocycles. The fourth-order valence-corrected chi connectivity index (χ4v) is 5.05. The molecule has 0 aromatic rings. The quantitative estimate of drug-likeness (QED) is 0.0235. The lowest BCUT2D eigenvalue weighted by atomic mass is 10.1. The second kappa shape index (κ2) is 35.3. The Morgan fingerprint density at radius 3 is 1.62 bits per heavy atom. The van der Waals surface area contributed by atoms with Crippen LogP contribution in [0.25, 0.3) is 0 Å². The molecule has 0 radical (unpaired) electrons. The number of carbonyl (C=O) groups is 3. The standard InChI is InChI=1S/C45H71NO7/c1-6-8-10-12-14-16-18-19-20-21-22-23-24-25-26-28-29-31-33-35-43(47)52-40-41(39-51-38-37-42(45(49)50)46(3,4)5)53-44(48)36-34-32-30-27-17-15-13-11-9-7-2/h8,10,12-16,18-26,41-42H,6-7,9,11,17,27-40H2,1-5H3/p+1/b10-8+,14-12+,15-13+,18-16+,20-19+,22-21+,24-23+,26-25+. The maximum absolute atomic E-state index is 12.6. The number of unbranched alkanes of at least 4 members (excludes halogenated alkanes) is 9. The summed E-state index contributed by atoms with van der Waals surface area (Å²) >= 11 is 0. The zero-order valence-corrected chi connectivity index (χ0v) is 33.7. The van der Waals surface area contributed by atoms with E-state index >= 15 is 0 Å². The predicted octanol–water partition coefficient (Wildman–Crippen LogP) is 10.3. The summed E-state index contributed by atoms with van der Waals surface area (Å²) < 4.78 is 17.1. The van der Waals surface area contributed by atoms with Gasteiger partial charge in [-0.3, -0.25) is 9.59 Å². The Labute approximate surface area is 322 Å². The first-order chi connectivity index (χ1) is 25.6. The summed E-state index contributed by atoms with van der Waals surface area (Å²) in [5.41, 5.74) is 0. The number of nitrogens with zero attached hydrogens (tertiary/aromatic N) is 1. The average Bonchev–Trinajstić information content (AvgIpc) is 3.11. The minimum atomic E-state index is -0.890. The third-order valence-electron chi connectivity index (χ3n) is 8.16. The van der Waals surface area contributed by atoms with Gasteiger partial charge in [0.15, 0.2) is 12.1 Å². The van der Waals surface area contributed by atoms with E-state index in [0.29, 0.717) is 25.7 Å². The summed E-state index contributed by atoms with van der Waals surface area (Å²) in [6.07, 6.45) is 45.9. The molecule has 0 aliphatic heterocycles. The smallest absolute Gasteiger partial charge is 0.362 e. The van der Waals surface area contributed by atoms with Crippen molar-refractivity contribution in [2.75, 3.05) is 41.0 Å². The second-order valence-electron chi connectivity index (χ2n) is 14.0. The fourth-order valence-electron chi connectivity index (χ4n) is 5.05. The maximum Gasteiger partial charge on any atom is 0.362 e. The zero-order chi connectivity index (χ0) is 39.3. The minimum Gasteiger partial charge on any atom is -0.477 e. The van der Waals surface area contributed by atoms with Gasteiger partial charge in [0.25, 0.3) is 0 Å². The highest BCUT2D eigenvalue weighted by atomic mass is 16.6. The molecule has 2 atom stereocenters. The molecule has 0 aromatic carbocycles. The lowest BCUT2D eigenvalue weighted by Gasteiger charge is -2.31. The van der Waals surface area contributed by atoms with Crippen molar-refractivity contribution in [3.8, 4) is 0 Å². The fraction of sp³-hybridized carbons (Fsp3) is 0.578. The summed E-state index contributed by atoms with van der Waals surface area (Å²) in [4.78, 5) is 36.8. The third kappa shape index (κ3) is 33.8. The topological polar surface area (TPSA) is 99.1 Å². The van der Waals surface area contributed by atoms with Gasteiger partial charge in [-0.1, -0.05) is 143 Å². The van der Waals surface area contributed by atoms with Crippen molar-refractivity contribution in [3.63, 3.8) is 0 Å². The van der Waals surface area contributed by atoms with E-state index in [1.807, 2.05) is 94.1 Å². The summed E-state index contributed by atoms with van der Waals surface area (Å²) in [5, 5.41) is 9.58. The molecule has 8 nitrogen and oxygen atoms in total. The van der Waals surface area contributed by atoms with Crippen LogP contribution in [0.2, 0.25) is 0 Å². The van der Waals surface area contributed by atoms with Gasteiger partial charge < -0.3 is 23.8 Å². The Hall–Kier alpha value is -3.75. The molecule has 0 bridgehead atoms. The first-order valence-corrected chi connectivity index (χ1v) is 19.9. The molecule has 0 rings (SSSR count). The molecular formula is C45H72NO7+. The van der Waals surface area contributed by atoms with E-state index < -0.39 is 18.1 Å². The Morgan fingerprint density at radius 1 is 0.585 bits per heavy atom. The summed E-state index contributed by atoms with van der Waals surface area (Å²) in [7, 11) is 5.48. The Balaban J connectivity index is 4.52. The lowest BCUT2D eigenvalue weighted by molar-refractivity contribution is -0.887. The van der Waals surface area contributed by atoms with Crippen LogP contribution in [0.3, 0.4) is 0 Å². The lowest BCUT2D eigenvalue weighted by Crippen LogP contribution is -2.50. The first-order valence-electron chi connectivity index (χ1n) is 19.9. The van der Waals surface area contributed by atoms with Crippen molar-refractivity contribution < 1.29 is 38.2 Å². The van der Waals surface area contributed by atoms with Gasteiger partial charge in [0.1, 0.15) is 6.61 Å². The molecule has 0 saturated carbocycles. The minimum absolute atomic E-state index is 0.0345. The molecule has 0 aromatic heterocycles. The molecule has 53 heavy (non-hydrogen) atoms. The second-order valence-corrected chi connectivity index (χ2v) is 14.0. The molecule has 0 heterocycles. The van der Waals surface area contributed by atoms with E-state index in [9.17, 15) is 19.5 Å². The van der Waals surface area contributed by atoms with Crippen LogP contribution in [-0.4, -0.2) is 80.6 Å². The van der Waals surface area contributed by atoms with Gasteiger partial charge in [-0.15, -0.1) is 0 Å². The van der Waals surface area contributed by atoms with E-state index in [0.717, 1.165) is 64.2 Å². The molecular weight excluding hydrogens is 666 g/mol. The van der Waals surface area contributed by atoms with Crippen LogP contribution in [0.5, 0.6) is 0 Å². The number of likely N-dealkylation sites (N-methyl/N-ethyl adjacent to an activating group) is 1. The number of quaternary nitrogens is 1. The molecule has 1 N–H and O–H groups in total. The number of rotatable bonds is 33. The number of aliphatic carboxylic acids is 1. The molecule has 0 amide bonds. The molecule has 0 spiro atoms. The van der Waals surface area contributed by atoms with E-state index in [2.05, 4.69) is 38.2 Å². The average molecular weight is 739 g/mol.